The first-order valence-electron chi connectivity index (χ1n) is 6.42. The van der Waals surface area contributed by atoms with E-state index in [1.165, 1.54) is 5.56 Å². The van der Waals surface area contributed by atoms with Crippen molar-refractivity contribution in [3.05, 3.63) is 47.1 Å². The van der Waals surface area contributed by atoms with E-state index in [9.17, 15) is 0 Å². The smallest absolute Gasteiger partial charge is 0.250 e. The Bertz CT molecular complexity index is 560. The Hall–Kier alpha value is -1.94. The molecule has 0 aliphatic carbocycles. The van der Waals surface area contributed by atoms with Gasteiger partial charge in [0.15, 0.2) is 5.82 Å². The molecule has 1 unspecified atom stereocenters. The first-order valence-corrected chi connectivity index (χ1v) is 6.42. The Morgan fingerprint density at radius 2 is 2.11 bits per heavy atom. The standard InChI is InChI=1S/C15H19N3O/c1-11-6-4-5-7-13(11)8-9-15-17-14(18-19-15)10-12(2)16-3/h4-9,12,16H,10H2,1-3H3/b9-8+. The van der Waals surface area contributed by atoms with Crippen molar-refractivity contribution in [1.82, 2.24) is 15.5 Å². The van der Waals surface area contributed by atoms with Crippen LogP contribution in [0.4, 0.5) is 0 Å². The van der Waals surface area contributed by atoms with Gasteiger partial charge in [-0.3, -0.25) is 0 Å². The van der Waals surface area contributed by atoms with Crippen LogP contribution >= 0.6 is 0 Å². The Morgan fingerprint density at radius 3 is 2.84 bits per heavy atom. The highest BCUT2D eigenvalue weighted by Gasteiger charge is 2.07. The van der Waals surface area contributed by atoms with E-state index in [2.05, 4.69) is 41.4 Å². The second kappa shape index (κ2) is 6.29. The molecule has 19 heavy (non-hydrogen) atoms. The largest absolute Gasteiger partial charge is 0.335 e. The number of hydrogen-bond donors (Lipinski definition) is 1. The summed E-state index contributed by atoms with van der Waals surface area (Å²) >= 11 is 0. The average molecular weight is 257 g/mol. The first kappa shape index (κ1) is 13.5. The van der Waals surface area contributed by atoms with Gasteiger partial charge in [0.1, 0.15) is 0 Å². The van der Waals surface area contributed by atoms with Crippen LogP contribution in [0, 0.1) is 6.92 Å². The van der Waals surface area contributed by atoms with Crippen LogP contribution in [0.3, 0.4) is 0 Å². The van der Waals surface area contributed by atoms with Crippen molar-refractivity contribution in [1.29, 1.82) is 0 Å². The van der Waals surface area contributed by atoms with E-state index in [-0.39, 0.29) is 0 Å². The van der Waals surface area contributed by atoms with Gasteiger partial charge in [-0.15, -0.1) is 0 Å². The molecule has 0 bridgehead atoms. The van der Waals surface area contributed by atoms with Crippen LogP contribution in [0.15, 0.2) is 28.8 Å². The zero-order valence-electron chi connectivity index (χ0n) is 11.6. The van der Waals surface area contributed by atoms with Crippen molar-refractivity contribution in [2.24, 2.45) is 0 Å². The molecule has 4 heteroatoms. The third kappa shape index (κ3) is 3.76. The molecule has 0 aliphatic heterocycles. The molecule has 0 spiro atoms. The van der Waals surface area contributed by atoms with Crippen molar-refractivity contribution in [2.45, 2.75) is 26.3 Å². The van der Waals surface area contributed by atoms with Gasteiger partial charge in [0.05, 0.1) is 0 Å². The first-order chi connectivity index (χ1) is 9.19. The molecule has 1 heterocycles. The maximum atomic E-state index is 5.20. The summed E-state index contributed by atoms with van der Waals surface area (Å²) in [5.74, 6) is 1.27. The van der Waals surface area contributed by atoms with Crippen molar-refractivity contribution in [3.8, 4) is 0 Å². The highest BCUT2D eigenvalue weighted by atomic mass is 16.5. The molecule has 2 rings (SSSR count). The van der Waals surface area contributed by atoms with Crippen LogP contribution in [0.5, 0.6) is 0 Å². The molecule has 1 aromatic carbocycles. The number of nitrogens with zero attached hydrogens (tertiary/aromatic N) is 2. The minimum absolute atomic E-state index is 0.339. The fourth-order valence-electron chi connectivity index (χ4n) is 1.73. The quantitative estimate of drug-likeness (QED) is 0.894. The molecule has 0 amide bonds. The molecule has 1 N–H and O–H groups in total. The van der Waals surface area contributed by atoms with Crippen LogP contribution in [-0.2, 0) is 6.42 Å². The fraction of sp³-hybridized carbons (Fsp3) is 0.333. The molecule has 0 fully saturated rings. The topological polar surface area (TPSA) is 51.0 Å². The maximum absolute atomic E-state index is 5.20. The van der Waals surface area contributed by atoms with Crippen LogP contribution in [0.1, 0.15) is 29.8 Å². The van der Waals surface area contributed by atoms with Gasteiger partial charge >= 0.3 is 0 Å². The van der Waals surface area contributed by atoms with E-state index < -0.39 is 0 Å². The summed E-state index contributed by atoms with van der Waals surface area (Å²) in [5.41, 5.74) is 2.38. The monoisotopic (exact) mass is 257 g/mol. The second-order valence-electron chi connectivity index (χ2n) is 4.63. The van der Waals surface area contributed by atoms with Gasteiger partial charge in [-0.1, -0.05) is 29.4 Å². The number of likely N-dealkylation sites (N-methyl/N-ethyl adjacent to an activating group) is 1. The number of aromatic nitrogens is 2. The molecule has 2 aromatic rings. The van der Waals surface area contributed by atoms with Gasteiger partial charge < -0.3 is 9.84 Å². The van der Waals surface area contributed by atoms with E-state index in [4.69, 9.17) is 4.52 Å². The fourth-order valence-corrected chi connectivity index (χ4v) is 1.73. The van der Waals surface area contributed by atoms with Crippen molar-refractivity contribution in [2.75, 3.05) is 7.05 Å². The van der Waals surface area contributed by atoms with Crippen molar-refractivity contribution >= 4 is 12.2 Å². The highest BCUT2D eigenvalue weighted by molar-refractivity contribution is 5.67. The Kier molecular flexibility index (Phi) is 4.47. The van der Waals surface area contributed by atoms with E-state index in [1.54, 1.807) is 0 Å². The molecule has 1 atom stereocenters. The number of nitrogens with one attached hydrogen (secondary N) is 1. The third-order valence-corrected chi connectivity index (χ3v) is 3.06. The minimum Gasteiger partial charge on any atom is -0.335 e. The number of hydrogen-bond acceptors (Lipinski definition) is 4. The normalized spacial score (nSPS) is 13.0. The molecule has 0 aliphatic rings. The summed E-state index contributed by atoms with van der Waals surface area (Å²) in [4.78, 5) is 4.34. The van der Waals surface area contributed by atoms with Gasteiger partial charge in [-0.05, 0) is 38.1 Å². The van der Waals surface area contributed by atoms with Gasteiger partial charge in [0.2, 0.25) is 0 Å². The summed E-state index contributed by atoms with van der Waals surface area (Å²) in [6.45, 7) is 4.16. The lowest BCUT2D eigenvalue weighted by Gasteiger charge is -2.04. The molecule has 0 radical (unpaired) electrons. The number of benzene rings is 1. The number of aryl methyl sites for hydroxylation is 1. The highest BCUT2D eigenvalue weighted by Crippen LogP contribution is 2.11. The lowest BCUT2D eigenvalue weighted by molar-refractivity contribution is 0.400. The van der Waals surface area contributed by atoms with Crippen LogP contribution in [0.25, 0.3) is 12.2 Å². The zero-order chi connectivity index (χ0) is 13.7. The molecule has 1 aromatic heterocycles. The Morgan fingerprint density at radius 1 is 1.32 bits per heavy atom. The summed E-state index contributed by atoms with van der Waals surface area (Å²) in [6, 6.07) is 8.52. The molecule has 0 saturated heterocycles. The van der Waals surface area contributed by atoms with Crippen LogP contribution in [0.2, 0.25) is 0 Å². The van der Waals surface area contributed by atoms with Crippen molar-refractivity contribution in [3.63, 3.8) is 0 Å². The zero-order valence-corrected chi connectivity index (χ0v) is 11.6. The number of rotatable bonds is 5. The van der Waals surface area contributed by atoms with Gasteiger partial charge in [-0.2, -0.15) is 4.98 Å². The van der Waals surface area contributed by atoms with Gasteiger partial charge in [-0.25, -0.2) is 0 Å². The van der Waals surface area contributed by atoms with Crippen molar-refractivity contribution < 1.29 is 4.52 Å². The third-order valence-electron chi connectivity index (χ3n) is 3.06. The van der Waals surface area contributed by atoms with E-state index in [0.29, 0.717) is 11.9 Å². The summed E-state index contributed by atoms with van der Waals surface area (Å²) in [7, 11) is 1.92. The lowest BCUT2D eigenvalue weighted by atomic mass is 10.1. The molecule has 100 valence electrons. The molecular formula is C15H19N3O. The Labute approximate surface area is 113 Å². The Balaban J connectivity index is 2.06. The summed E-state index contributed by atoms with van der Waals surface area (Å²) in [5, 5.41) is 7.11. The minimum atomic E-state index is 0.339. The van der Waals surface area contributed by atoms with Gasteiger partial charge in [0, 0.05) is 18.5 Å². The second-order valence-corrected chi connectivity index (χ2v) is 4.63. The molecular weight excluding hydrogens is 238 g/mol. The summed E-state index contributed by atoms with van der Waals surface area (Å²) in [6.07, 6.45) is 4.61. The van der Waals surface area contributed by atoms with Crippen LogP contribution < -0.4 is 5.32 Å². The van der Waals surface area contributed by atoms with E-state index in [1.807, 2.05) is 31.3 Å². The predicted molar refractivity (Wildman–Crippen MR) is 76.6 cm³/mol. The summed E-state index contributed by atoms with van der Waals surface area (Å²) < 4.78 is 5.20. The molecule has 4 nitrogen and oxygen atoms in total. The van der Waals surface area contributed by atoms with Gasteiger partial charge in [0.25, 0.3) is 5.89 Å². The van der Waals surface area contributed by atoms with E-state index >= 15 is 0 Å². The SMILES string of the molecule is CNC(C)Cc1noc(/C=C/c2ccccc2C)n1. The van der Waals surface area contributed by atoms with Crippen LogP contribution in [-0.4, -0.2) is 23.2 Å². The average Bonchev–Trinajstić information content (AvgIpc) is 2.85. The predicted octanol–water partition coefficient (Wildman–Crippen LogP) is 2.70. The molecule has 0 saturated carbocycles. The lowest BCUT2D eigenvalue weighted by Crippen LogP contribution is -2.24. The van der Waals surface area contributed by atoms with E-state index in [0.717, 1.165) is 17.8 Å². The maximum Gasteiger partial charge on any atom is 0.250 e.